The fourth-order valence-electron chi connectivity index (χ4n) is 1.28. The summed E-state index contributed by atoms with van der Waals surface area (Å²) in [7, 11) is 0. The van der Waals surface area contributed by atoms with Gasteiger partial charge in [-0.1, -0.05) is 54.6 Å². The average Bonchev–Trinajstić information content (AvgIpc) is 2.29. The molecule has 15 heavy (non-hydrogen) atoms. The SMILES string of the molecule is Cc1cccc(C)c1C.c1ccccc1. The summed E-state index contributed by atoms with van der Waals surface area (Å²) in [6.45, 7) is 6.44. The van der Waals surface area contributed by atoms with E-state index in [-0.39, 0.29) is 0 Å². The van der Waals surface area contributed by atoms with Gasteiger partial charge in [0.25, 0.3) is 0 Å². The molecule has 0 atom stereocenters. The Balaban J connectivity index is 0.000000162. The first-order chi connectivity index (χ1) is 7.22. The molecule has 2 rings (SSSR count). The maximum Gasteiger partial charge on any atom is -0.0392 e. The Kier molecular flexibility index (Phi) is 4.62. The summed E-state index contributed by atoms with van der Waals surface area (Å²) < 4.78 is 0. The van der Waals surface area contributed by atoms with Crippen molar-refractivity contribution in [3.05, 3.63) is 71.3 Å². The zero-order chi connectivity index (χ0) is 11.1. The quantitative estimate of drug-likeness (QED) is 0.592. The maximum absolute atomic E-state index is 2.16. The van der Waals surface area contributed by atoms with Crippen LogP contribution in [0.5, 0.6) is 0 Å². The van der Waals surface area contributed by atoms with Crippen LogP contribution >= 0.6 is 0 Å². The summed E-state index contributed by atoms with van der Waals surface area (Å²) >= 11 is 0. The second-order valence-electron chi connectivity index (χ2n) is 3.67. The highest BCUT2D eigenvalue weighted by molar-refractivity contribution is 5.31. The van der Waals surface area contributed by atoms with E-state index in [4.69, 9.17) is 0 Å². The molecule has 0 saturated carbocycles. The first-order valence-corrected chi connectivity index (χ1v) is 5.24. The lowest BCUT2D eigenvalue weighted by atomic mass is 10.1. The summed E-state index contributed by atoms with van der Waals surface area (Å²) in [5.41, 5.74) is 4.18. The van der Waals surface area contributed by atoms with Crippen LogP contribution in [0.2, 0.25) is 0 Å². The number of aryl methyl sites for hydroxylation is 2. The molecule has 0 unspecified atom stereocenters. The molecule has 0 bridgehead atoms. The Hall–Kier alpha value is -1.56. The zero-order valence-electron chi connectivity index (χ0n) is 9.70. The Labute approximate surface area is 92.6 Å². The van der Waals surface area contributed by atoms with E-state index in [0.717, 1.165) is 0 Å². The van der Waals surface area contributed by atoms with E-state index in [1.165, 1.54) is 16.7 Å². The van der Waals surface area contributed by atoms with Crippen molar-refractivity contribution in [2.24, 2.45) is 0 Å². The molecule has 0 radical (unpaired) electrons. The van der Waals surface area contributed by atoms with Gasteiger partial charge in [-0.25, -0.2) is 0 Å². The van der Waals surface area contributed by atoms with Crippen LogP contribution in [0.25, 0.3) is 0 Å². The van der Waals surface area contributed by atoms with Crippen molar-refractivity contribution in [3.63, 3.8) is 0 Å². The fraction of sp³-hybridized carbons (Fsp3) is 0.200. The van der Waals surface area contributed by atoms with Crippen LogP contribution in [0.4, 0.5) is 0 Å². The van der Waals surface area contributed by atoms with Gasteiger partial charge in [-0.3, -0.25) is 0 Å². The van der Waals surface area contributed by atoms with E-state index in [1.807, 2.05) is 36.4 Å². The van der Waals surface area contributed by atoms with Crippen molar-refractivity contribution >= 4 is 0 Å². The highest BCUT2D eigenvalue weighted by Gasteiger charge is 1.91. The molecular weight excluding hydrogens is 180 g/mol. The van der Waals surface area contributed by atoms with Gasteiger partial charge in [0.15, 0.2) is 0 Å². The Morgan fingerprint density at radius 3 is 1.13 bits per heavy atom. The lowest BCUT2D eigenvalue weighted by Crippen LogP contribution is -1.82. The molecule has 0 aliphatic carbocycles. The van der Waals surface area contributed by atoms with E-state index < -0.39 is 0 Å². The van der Waals surface area contributed by atoms with Crippen molar-refractivity contribution in [1.29, 1.82) is 0 Å². The van der Waals surface area contributed by atoms with Crippen LogP contribution in [-0.4, -0.2) is 0 Å². The van der Waals surface area contributed by atoms with Crippen LogP contribution in [-0.2, 0) is 0 Å². The van der Waals surface area contributed by atoms with Crippen LogP contribution in [0.1, 0.15) is 16.7 Å². The maximum atomic E-state index is 2.16. The number of hydrogen-bond acceptors (Lipinski definition) is 0. The Morgan fingerprint density at radius 1 is 0.533 bits per heavy atom. The average molecular weight is 198 g/mol. The van der Waals surface area contributed by atoms with Crippen molar-refractivity contribution in [3.8, 4) is 0 Å². The van der Waals surface area contributed by atoms with Crippen molar-refractivity contribution in [2.75, 3.05) is 0 Å². The van der Waals surface area contributed by atoms with E-state index in [9.17, 15) is 0 Å². The summed E-state index contributed by atoms with van der Waals surface area (Å²) in [5, 5.41) is 0. The normalized spacial score (nSPS) is 9.00. The summed E-state index contributed by atoms with van der Waals surface area (Å²) in [6, 6.07) is 18.4. The standard InChI is InChI=1S/C9H12.C6H6/c1-7-5-4-6-8(2)9(7)3;1-2-4-6-5-3-1/h4-6H,1-3H3;1-6H. The predicted octanol–water partition coefficient (Wildman–Crippen LogP) is 4.30. The monoisotopic (exact) mass is 198 g/mol. The molecule has 2 aromatic carbocycles. The molecule has 78 valence electrons. The van der Waals surface area contributed by atoms with E-state index in [2.05, 4.69) is 39.0 Å². The van der Waals surface area contributed by atoms with Gasteiger partial charge in [-0.2, -0.15) is 0 Å². The zero-order valence-corrected chi connectivity index (χ0v) is 9.70. The first kappa shape index (κ1) is 11.5. The molecule has 0 aliphatic rings. The van der Waals surface area contributed by atoms with Gasteiger partial charge in [-0.15, -0.1) is 0 Å². The third-order valence-electron chi connectivity index (χ3n) is 2.54. The molecule has 0 amide bonds. The predicted molar refractivity (Wildman–Crippen MR) is 67.1 cm³/mol. The van der Waals surface area contributed by atoms with Gasteiger partial charge in [-0.05, 0) is 37.5 Å². The van der Waals surface area contributed by atoms with Crippen LogP contribution in [0.15, 0.2) is 54.6 Å². The van der Waals surface area contributed by atoms with E-state index in [0.29, 0.717) is 0 Å². The van der Waals surface area contributed by atoms with Gasteiger partial charge in [0, 0.05) is 0 Å². The minimum absolute atomic E-state index is 1.38. The van der Waals surface area contributed by atoms with Crippen molar-refractivity contribution in [1.82, 2.24) is 0 Å². The lowest BCUT2D eigenvalue weighted by molar-refractivity contribution is 1.27. The second-order valence-corrected chi connectivity index (χ2v) is 3.67. The highest BCUT2D eigenvalue weighted by atomic mass is 14.0. The molecule has 0 heteroatoms. The summed E-state index contributed by atoms with van der Waals surface area (Å²) in [5.74, 6) is 0. The number of rotatable bonds is 0. The van der Waals surface area contributed by atoms with E-state index in [1.54, 1.807) is 0 Å². The second kappa shape index (κ2) is 6.02. The highest BCUT2D eigenvalue weighted by Crippen LogP contribution is 2.09. The first-order valence-electron chi connectivity index (χ1n) is 5.24. The summed E-state index contributed by atoms with van der Waals surface area (Å²) in [6.07, 6.45) is 0. The number of hydrogen-bond donors (Lipinski definition) is 0. The molecule has 0 N–H and O–H groups in total. The lowest BCUT2D eigenvalue weighted by Gasteiger charge is -2.00. The van der Waals surface area contributed by atoms with Crippen LogP contribution in [0.3, 0.4) is 0 Å². The summed E-state index contributed by atoms with van der Waals surface area (Å²) in [4.78, 5) is 0. The molecule has 0 aliphatic heterocycles. The molecular formula is C15H18. The minimum atomic E-state index is 1.38. The van der Waals surface area contributed by atoms with Crippen molar-refractivity contribution in [2.45, 2.75) is 20.8 Å². The van der Waals surface area contributed by atoms with Gasteiger partial charge >= 0.3 is 0 Å². The third-order valence-corrected chi connectivity index (χ3v) is 2.54. The van der Waals surface area contributed by atoms with Gasteiger partial charge < -0.3 is 0 Å². The van der Waals surface area contributed by atoms with Gasteiger partial charge in [0.2, 0.25) is 0 Å². The Morgan fingerprint density at radius 2 is 0.867 bits per heavy atom. The van der Waals surface area contributed by atoms with E-state index >= 15 is 0 Å². The number of benzene rings is 2. The molecule has 0 saturated heterocycles. The van der Waals surface area contributed by atoms with Gasteiger partial charge in [0.1, 0.15) is 0 Å². The molecule has 0 aromatic heterocycles. The molecule has 2 aromatic rings. The molecule has 0 spiro atoms. The largest absolute Gasteiger partial charge is 0.0623 e. The topological polar surface area (TPSA) is 0 Å². The third kappa shape index (κ3) is 3.99. The Bertz CT molecular complexity index is 341. The smallest absolute Gasteiger partial charge is 0.0392 e. The minimum Gasteiger partial charge on any atom is -0.0623 e. The van der Waals surface area contributed by atoms with Crippen molar-refractivity contribution < 1.29 is 0 Å². The van der Waals surface area contributed by atoms with Crippen LogP contribution < -0.4 is 0 Å². The molecule has 0 nitrogen and oxygen atoms in total. The van der Waals surface area contributed by atoms with Gasteiger partial charge in [0.05, 0.1) is 0 Å². The fourth-order valence-corrected chi connectivity index (χ4v) is 1.28. The molecule has 0 heterocycles. The molecule has 0 fully saturated rings. The van der Waals surface area contributed by atoms with Crippen LogP contribution in [0, 0.1) is 20.8 Å².